The smallest absolute Gasteiger partial charge is 0.254 e. The quantitative estimate of drug-likeness (QED) is 0.288. The molecule has 1 amide bonds. The third-order valence-corrected chi connectivity index (χ3v) is 8.07. The van der Waals surface area contributed by atoms with Crippen molar-refractivity contribution in [1.29, 1.82) is 5.26 Å². The number of nitrogens with two attached hydrogens (primary N) is 1. The van der Waals surface area contributed by atoms with Crippen molar-refractivity contribution in [2.24, 2.45) is 0 Å². The third kappa shape index (κ3) is 5.60. The summed E-state index contributed by atoms with van der Waals surface area (Å²) >= 11 is 0. The van der Waals surface area contributed by atoms with Crippen LogP contribution in [0.1, 0.15) is 21.6 Å². The van der Waals surface area contributed by atoms with E-state index in [-0.39, 0.29) is 11.6 Å². The summed E-state index contributed by atoms with van der Waals surface area (Å²) in [5, 5.41) is 9.11. The van der Waals surface area contributed by atoms with Crippen molar-refractivity contribution >= 4 is 22.9 Å². The van der Waals surface area contributed by atoms with Crippen LogP contribution in [0, 0.1) is 11.3 Å². The first-order valence-corrected chi connectivity index (χ1v) is 14.7. The van der Waals surface area contributed by atoms with E-state index in [9.17, 15) is 4.79 Å². The molecule has 0 saturated carbocycles. The zero-order valence-electron chi connectivity index (χ0n) is 24.4. The molecule has 5 heterocycles. The summed E-state index contributed by atoms with van der Waals surface area (Å²) in [6.07, 6.45) is 5.05. The highest BCUT2D eigenvalue weighted by molar-refractivity contribution is 5.94. The fraction of sp³-hybridized carbons (Fsp3) is 0.143. The van der Waals surface area contributed by atoms with Crippen molar-refractivity contribution in [3.8, 4) is 34.3 Å². The van der Waals surface area contributed by atoms with Crippen LogP contribution in [0.4, 0.5) is 5.82 Å². The van der Waals surface area contributed by atoms with Gasteiger partial charge in [0, 0.05) is 68.1 Å². The highest BCUT2D eigenvalue weighted by atomic mass is 16.2. The van der Waals surface area contributed by atoms with E-state index >= 15 is 0 Å². The van der Waals surface area contributed by atoms with E-state index in [1.807, 2.05) is 52.1 Å². The Morgan fingerprint density at radius 3 is 2.40 bits per heavy atom. The summed E-state index contributed by atoms with van der Waals surface area (Å²) in [6.45, 7) is 3.52. The number of nitrogen functional groups attached to an aromatic ring is 1. The molecule has 0 radical (unpaired) electrons. The Morgan fingerprint density at radius 1 is 0.844 bits per heavy atom. The standard InChI is InChI=1S/C35H29N9O/c36-21-28-19-26(12-14-38-28)35(45)43-17-15-42(16-18-43)23-24-8-10-29(11-9-24)44-33(30-7-4-13-39-32(30)37)41-31-20-27(22-40-34(31)44)25-5-2-1-3-6-25/h1-14,19-20,22H,15-18,23H2,(H2,37,39). The number of aromatic nitrogens is 5. The minimum atomic E-state index is -0.0694. The number of nitrogens with zero attached hydrogens (tertiary/aromatic N) is 8. The van der Waals surface area contributed by atoms with Gasteiger partial charge in [0.1, 0.15) is 23.1 Å². The molecule has 0 spiro atoms. The maximum absolute atomic E-state index is 13.0. The molecule has 6 aromatic rings. The number of hydrogen-bond acceptors (Lipinski definition) is 8. The number of piperazine rings is 1. The van der Waals surface area contributed by atoms with Gasteiger partial charge in [0.05, 0.1) is 5.56 Å². The lowest BCUT2D eigenvalue weighted by atomic mass is 10.1. The lowest BCUT2D eigenvalue weighted by Crippen LogP contribution is -2.48. The number of anilines is 1. The fourth-order valence-corrected chi connectivity index (χ4v) is 5.71. The molecule has 1 fully saturated rings. The summed E-state index contributed by atoms with van der Waals surface area (Å²) in [6, 6.07) is 29.6. The number of imidazole rings is 1. The number of hydrogen-bond donors (Lipinski definition) is 1. The van der Waals surface area contributed by atoms with Crippen molar-refractivity contribution < 1.29 is 4.79 Å². The van der Waals surface area contributed by atoms with Crippen LogP contribution in [0.3, 0.4) is 0 Å². The maximum atomic E-state index is 13.0. The van der Waals surface area contributed by atoms with E-state index in [0.717, 1.165) is 58.7 Å². The van der Waals surface area contributed by atoms with Crippen molar-refractivity contribution in [1.82, 2.24) is 34.3 Å². The van der Waals surface area contributed by atoms with E-state index in [2.05, 4.69) is 57.3 Å². The molecule has 4 aromatic heterocycles. The molecule has 1 aliphatic heterocycles. The molecule has 2 N–H and O–H groups in total. The van der Waals surface area contributed by atoms with Gasteiger partial charge >= 0.3 is 0 Å². The second kappa shape index (κ2) is 12.0. The van der Waals surface area contributed by atoms with Crippen LogP contribution < -0.4 is 5.73 Å². The van der Waals surface area contributed by atoms with E-state index in [1.165, 1.54) is 6.20 Å². The van der Waals surface area contributed by atoms with Gasteiger partial charge in [0.15, 0.2) is 11.5 Å². The zero-order chi connectivity index (χ0) is 30.8. The normalized spacial score (nSPS) is 13.5. The van der Waals surface area contributed by atoms with Gasteiger partial charge in [-0.15, -0.1) is 0 Å². The van der Waals surface area contributed by atoms with Crippen LogP contribution in [0.5, 0.6) is 0 Å². The van der Waals surface area contributed by atoms with Crippen molar-refractivity contribution in [2.75, 3.05) is 31.9 Å². The number of rotatable bonds is 6. The molecular formula is C35H29N9O. The highest BCUT2D eigenvalue weighted by Gasteiger charge is 2.23. The summed E-state index contributed by atoms with van der Waals surface area (Å²) < 4.78 is 2.03. The predicted octanol–water partition coefficient (Wildman–Crippen LogP) is 4.96. The van der Waals surface area contributed by atoms with Gasteiger partial charge in [-0.25, -0.2) is 19.9 Å². The average Bonchev–Trinajstić information content (AvgIpc) is 3.48. The Hall–Kier alpha value is -5.92. The Morgan fingerprint density at radius 2 is 1.64 bits per heavy atom. The molecule has 2 aromatic carbocycles. The minimum absolute atomic E-state index is 0.0694. The molecule has 0 unspecified atom stereocenters. The SMILES string of the molecule is N#Cc1cc(C(=O)N2CCN(Cc3ccc(-n4c(-c5cccnc5N)nc5cc(-c6ccccc6)cnc54)cc3)CC2)ccn1. The molecule has 0 bridgehead atoms. The van der Waals surface area contributed by atoms with Crippen molar-refractivity contribution in [2.45, 2.75) is 6.54 Å². The number of carbonyl (C=O) groups excluding carboxylic acids is 1. The van der Waals surface area contributed by atoms with Gasteiger partial charge in [-0.2, -0.15) is 5.26 Å². The second-order valence-electron chi connectivity index (χ2n) is 10.9. The van der Waals surface area contributed by atoms with Crippen LogP contribution >= 0.6 is 0 Å². The molecule has 10 nitrogen and oxygen atoms in total. The molecule has 220 valence electrons. The number of benzene rings is 2. The van der Waals surface area contributed by atoms with Crippen molar-refractivity contribution in [3.63, 3.8) is 0 Å². The van der Waals surface area contributed by atoms with Crippen LogP contribution in [0.15, 0.2) is 104 Å². The van der Waals surface area contributed by atoms with Gasteiger partial charge < -0.3 is 10.6 Å². The van der Waals surface area contributed by atoms with Gasteiger partial charge in [-0.3, -0.25) is 14.3 Å². The number of amides is 1. The van der Waals surface area contributed by atoms with Crippen molar-refractivity contribution in [3.05, 3.63) is 120 Å². The largest absolute Gasteiger partial charge is 0.383 e. The highest BCUT2D eigenvalue weighted by Crippen LogP contribution is 2.32. The Balaban J connectivity index is 1.12. The number of nitriles is 1. The Bertz CT molecular complexity index is 2040. The first kappa shape index (κ1) is 27.9. The molecule has 0 atom stereocenters. The van der Waals surface area contributed by atoms with E-state index in [0.29, 0.717) is 30.3 Å². The first-order chi connectivity index (χ1) is 22.1. The number of carbonyl (C=O) groups is 1. The van der Waals surface area contributed by atoms with E-state index in [4.69, 9.17) is 21.0 Å². The summed E-state index contributed by atoms with van der Waals surface area (Å²) in [4.78, 5) is 35.3. The van der Waals surface area contributed by atoms with E-state index in [1.54, 1.807) is 18.3 Å². The fourth-order valence-electron chi connectivity index (χ4n) is 5.71. The van der Waals surface area contributed by atoms with Gasteiger partial charge in [-0.1, -0.05) is 42.5 Å². The summed E-state index contributed by atoms with van der Waals surface area (Å²) in [7, 11) is 0. The molecular weight excluding hydrogens is 562 g/mol. The minimum Gasteiger partial charge on any atom is -0.383 e. The number of fused-ring (bicyclic) bond motifs is 1. The molecule has 1 saturated heterocycles. The molecule has 1 aliphatic rings. The first-order valence-electron chi connectivity index (χ1n) is 14.7. The van der Waals surface area contributed by atoms with Gasteiger partial charge in [0.25, 0.3) is 5.91 Å². The van der Waals surface area contributed by atoms with Gasteiger partial charge in [-0.05, 0) is 53.6 Å². The monoisotopic (exact) mass is 591 g/mol. The van der Waals surface area contributed by atoms with Gasteiger partial charge in [0.2, 0.25) is 0 Å². The van der Waals surface area contributed by atoms with Crippen LogP contribution in [0.25, 0.3) is 39.4 Å². The Kier molecular flexibility index (Phi) is 7.43. The Labute approximate surface area is 260 Å². The number of pyridine rings is 3. The summed E-state index contributed by atoms with van der Waals surface area (Å²) in [5.41, 5.74) is 13.4. The molecule has 7 rings (SSSR count). The topological polar surface area (TPSA) is 130 Å². The maximum Gasteiger partial charge on any atom is 0.254 e. The zero-order valence-corrected chi connectivity index (χ0v) is 24.4. The molecule has 45 heavy (non-hydrogen) atoms. The third-order valence-electron chi connectivity index (χ3n) is 8.07. The average molecular weight is 592 g/mol. The predicted molar refractivity (Wildman–Crippen MR) is 172 cm³/mol. The molecule has 0 aliphatic carbocycles. The lowest BCUT2D eigenvalue weighted by Gasteiger charge is -2.34. The van der Waals surface area contributed by atoms with E-state index < -0.39 is 0 Å². The van der Waals surface area contributed by atoms with Crippen LogP contribution in [-0.4, -0.2) is 66.4 Å². The van der Waals surface area contributed by atoms with Crippen LogP contribution in [-0.2, 0) is 6.54 Å². The molecule has 10 heteroatoms. The van der Waals surface area contributed by atoms with Crippen LogP contribution in [0.2, 0.25) is 0 Å². The lowest BCUT2D eigenvalue weighted by molar-refractivity contribution is 0.0628. The second-order valence-corrected chi connectivity index (χ2v) is 10.9. The summed E-state index contributed by atoms with van der Waals surface area (Å²) in [5.74, 6) is 1.01.